The predicted molar refractivity (Wildman–Crippen MR) is 114 cm³/mol. The normalized spacial score (nSPS) is 49.6. The zero-order valence-corrected chi connectivity index (χ0v) is 19.4. The van der Waals surface area contributed by atoms with Crippen LogP contribution in [0.25, 0.3) is 0 Å². The molecule has 31 heavy (non-hydrogen) atoms. The van der Waals surface area contributed by atoms with E-state index in [0.29, 0.717) is 36.9 Å². The number of ether oxygens (including phenoxy) is 4. The van der Waals surface area contributed by atoms with E-state index in [-0.39, 0.29) is 28.6 Å². The highest BCUT2D eigenvalue weighted by Crippen LogP contribution is 2.70. The van der Waals surface area contributed by atoms with Crippen molar-refractivity contribution in [3.63, 3.8) is 0 Å². The number of hydrogen-bond donors (Lipinski definition) is 1. The lowest BCUT2D eigenvalue weighted by molar-refractivity contribution is -0.260. The zero-order valence-electron chi connectivity index (χ0n) is 19.4. The molecule has 4 saturated carbocycles. The quantitative estimate of drug-likeness (QED) is 0.684. The monoisotopic (exact) mass is 433 g/mol. The molecule has 4 aliphatic carbocycles. The minimum atomic E-state index is -0.417. The lowest BCUT2D eigenvalue weighted by atomic mass is 9.43. The Morgan fingerprint density at radius 3 is 2.23 bits per heavy atom. The van der Waals surface area contributed by atoms with Gasteiger partial charge < -0.3 is 24.3 Å². The Morgan fingerprint density at radius 2 is 1.52 bits per heavy atom. The second-order valence-electron chi connectivity index (χ2n) is 11.8. The van der Waals surface area contributed by atoms with Crippen LogP contribution in [0.2, 0.25) is 0 Å². The second kappa shape index (κ2) is 6.91. The number of carbonyl (C=O) groups excluding carboxylic acids is 1. The number of nitrogens with one attached hydrogen (secondary N) is 1. The maximum atomic E-state index is 12.2. The fraction of sp³-hybridized carbons (Fsp3) is 0.960. The molecule has 6 heteroatoms. The molecule has 6 rings (SSSR count). The number of amides is 1. The molecule has 6 aliphatic rings. The van der Waals surface area contributed by atoms with E-state index in [4.69, 9.17) is 18.9 Å². The molecular weight excluding hydrogens is 394 g/mol. The zero-order chi connectivity index (χ0) is 21.5. The van der Waals surface area contributed by atoms with Crippen LogP contribution < -0.4 is 5.32 Å². The standard InChI is InChI=1S/C25H39NO5/c1-16(27)26-21-14-17-18(22(2)8-9-24(15-20(21)22)28-10-11-29-24)4-6-23(3)19(17)5-7-25(23)30-12-13-31-25/h17-21H,4-15H2,1-3H3,(H,26,27)/t17-,18+,19+,20?,21+,22-,23+/m1/s1. The van der Waals surface area contributed by atoms with Crippen molar-refractivity contribution in [2.45, 2.75) is 89.8 Å². The van der Waals surface area contributed by atoms with Gasteiger partial charge in [-0.3, -0.25) is 4.79 Å². The molecule has 1 unspecified atom stereocenters. The van der Waals surface area contributed by atoms with Crippen molar-refractivity contribution in [1.82, 2.24) is 5.32 Å². The first-order valence-corrected chi connectivity index (χ1v) is 12.6. The summed E-state index contributed by atoms with van der Waals surface area (Å²) in [6, 6.07) is 0.193. The smallest absolute Gasteiger partial charge is 0.217 e. The summed E-state index contributed by atoms with van der Waals surface area (Å²) in [5.41, 5.74) is 0.299. The fourth-order valence-corrected chi connectivity index (χ4v) is 9.34. The molecule has 1 amide bonds. The van der Waals surface area contributed by atoms with Crippen LogP contribution in [0.4, 0.5) is 0 Å². The topological polar surface area (TPSA) is 66.0 Å². The maximum absolute atomic E-state index is 12.2. The van der Waals surface area contributed by atoms with Crippen molar-refractivity contribution in [1.29, 1.82) is 0 Å². The van der Waals surface area contributed by atoms with Gasteiger partial charge in [0.15, 0.2) is 11.6 Å². The van der Waals surface area contributed by atoms with Gasteiger partial charge in [0.25, 0.3) is 0 Å². The summed E-state index contributed by atoms with van der Waals surface area (Å²) < 4.78 is 24.9. The maximum Gasteiger partial charge on any atom is 0.217 e. The first-order valence-electron chi connectivity index (χ1n) is 12.6. The Bertz CT molecular complexity index is 744. The summed E-state index contributed by atoms with van der Waals surface area (Å²) in [4.78, 5) is 12.2. The van der Waals surface area contributed by atoms with E-state index in [9.17, 15) is 4.79 Å². The first-order chi connectivity index (χ1) is 14.8. The Balaban J connectivity index is 1.34. The highest BCUT2D eigenvalue weighted by Gasteiger charge is 2.69. The molecule has 6 nitrogen and oxygen atoms in total. The van der Waals surface area contributed by atoms with Gasteiger partial charge in [-0.15, -0.1) is 0 Å². The van der Waals surface area contributed by atoms with Gasteiger partial charge in [-0.1, -0.05) is 13.8 Å². The van der Waals surface area contributed by atoms with Crippen LogP contribution in [-0.4, -0.2) is 50.0 Å². The van der Waals surface area contributed by atoms with Crippen LogP contribution in [0.15, 0.2) is 0 Å². The van der Waals surface area contributed by atoms with Crippen molar-refractivity contribution in [3.05, 3.63) is 0 Å². The van der Waals surface area contributed by atoms with Gasteiger partial charge in [-0.25, -0.2) is 0 Å². The van der Waals surface area contributed by atoms with Crippen molar-refractivity contribution in [2.75, 3.05) is 26.4 Å². The summed E-state index contributed by atoms with van der Waals surface area (Å²) in [5, 5.41) is 3.39. The van der Waals surface area contributed by atoms with Crippen LogP contribution in [0, 0.1) is 34.5 Å². The molecule has 174 valence electrons. The average molecular weight is 434 g/mol. The third-order valence-electron chi connectivity index (χ3n) is 10.7. The first kappa shape index (κ1) is 20.9. The van der Waals surface area contributed by atoms with E-state index >= 15 is 0 Å². The van der Waals surface area contributed by atoms with Gasteiger partial charge >= 0.3 is 0 Å². The van der Waals surface area contributed by atoms with Crippen LogP contribution in [-0.2, 0) is 23.7 Å². The van der Waals surface area contributed by atoms with Crippen molar-refractivity contribution >= 4 is 5.91 Å². The molecule has 2 heterocycles. The van der Waals surface area contributed by atoms with E-state index in [1.54, 1.807) is 6.92 Å². The Hall–Kier alpha value is -0.690. The van der Waals surface area contributed by atoms with Gasteiger partial charge in [0, 0.05) is 37.6 Å². The fourth-order valence-electron chi connectivity index (χ4n) is 9.34. The van der Waals surface area contributed by atoms with Crippen LogP contribution in [0.5, 0.6) is 0 Å². The average Bonchev–Trinajstić information content (AvgIpc) is 3.45. The minimum Gasteiger partial charge on any atom is -0.353 e. The van der Waals surface area contributed by atoms with Gasteiger partial charge in [-0.2, -0.15) is 0 Å². The second-order valence-corrected chi connectivity index (χ2v) is 11.8. The molecule has 0 bridgehead atoms. The van der Waals surface area contributed by atoms with E-state index in [1.165, 1.54) is 19.3 Å². The Labute approximate surface area is 186 Å². The molecule has 0 radical (unpaired) electrons. The SMILES string of the molecule is CC(=O)N[C@H]1C[C@@H]2[C@H](CC[C@@]3(C)[C@H]2CCC32OCCO2)[C@@]2(C)CCC3(CC12)OCCO3. The van der Waals surface area contributed by atoms with Crippen molar-refractivity contribution in [2.24, 2.45) is 34.5 Å². The predicted octanol–water partition coefficient (Wildman–Crippen LogP) is 3.63. The molecule has 1 N–H and O–H groups in total. The summed E-state index contributed by atoms with van der Waals surface area (Å²) in [7, 11) is 0. The number of carbonyl (C=O) groups is 1. The summed E-state index contributed by atoms with van der Waals surface area (Å²) in [5.74, 6) is 1.62. The van der Waals surface area contributed by atoms with Crippen LogP contribution >= 0.6 is 0 Å². The molecule has 6 fully saturated rings. The van der Waals surface area contributed by atoms with Crippen molar-refractivity contribution < 1.29 is 23.7 Å². The summed E-state index contributed by atoms with van der Waals surface area (Å²) in [6.45, 7) is 9.47. The van der Waals surface area contributed by atoms with Gasteiger partial charge in [0.05, 0.1) is 26.4 Å². The van der Waals surface area contributed by atoms with E-state index < -0.39 is 5.79 Å². The highest BCUT2D eigenvalue weighted by molar-refractivity contribution is 5.73. The van der Waals surface area contributed by atoms with Crippen LogP contribution in [0.3, 0.4) is 0 Å². The summed E-state index contributed by atoms with van der Waals surface area (Å²) in [6.07, 6.45) is 8.70. The van der Waals surface area contributed by atoms with E-state index in [1.807, 2.05) is 0 Å². The summed E-state index contributed by atoms with van der Waals surface area (Å²) >= 11 is 0. The molecule has 2 saturated heterocycles. The van der Waals surface area contributed by atoms with Crippen molar-refractivity contribution in [3.8, 4) is 0 Å². The minimum absolute atomic E-state index is 0.0855. The molecule has 0 aromatic carbocycles. The number of rotatable bonds is 1. The number of hydrogen-bond acceptors (Lipinski definition) is 5. The van der Waals surface area contributed by atoms with Gasteiger partial charge in [-0.05, 0) is 61.2 Å². The Kier molecular flexibility index (Phi) is 4.65. The number of fused-ring (bicyclic) bond motifs is 6. The molecular formula is C25H39NO5. The lowest BCUT2D eigenvalue weighted by Crippen LogP contribution is -2.64. The molecule has 0 aromatic rings. The molecule has 2 spiro atoms. The largest absolute Gasteiger partial charge is 0.353 e. The van der Waals surface area contributed by atoms with Gasteiger partial charge in [0.1, 0.15) is 0 Å². The Morgan fingerprint density at radius 1 is 0.839 bits per heavy atom. The molecule has 0 aromatic heterocycles. The van der Waals surface area contributed by atoms with E-state index in [2.05, 4.69) is 19.2 Å². The van der Waals surface area contributed by atoms with Crippen LogP contribution in [0.1, 0.15) is 72.1 Å². The third-order valence-corrected chi connectivity index (χ3v) is 10.7. The third kappa shape index (κ3) is 2.80. The van der Waals surface area contributed by atoms with E-state index in [0.717, 1.165) is 45.3 Å². The lowest BCUT2D eigenvalue weighted by Gasteiger charge is -2.64. The molecule has 7 atom stereocenters. The molecule has 2 aliphatic heterocycles. The van der Waals surface area contributed by atoms with Gasteiger partial charge in [0.2, 0.25) is 5.91 Å². The highest BCUT2D eigenvalue weighted by atomic mass is 16.7.